The van der Waals surface area contributed by atoms with Crippen molar-refractivity contribution >= 4 is 0 Å². The Morgan fingerprint density at radius 3 is 2.30 bits per heavy atom. The van der Waals surface area contributed by atoms with Gasteiger partial charge >= 0.3 is 12.4 Å². The van der Waals surface area contributed by atoms with Gasteiger partial charge in [-0.2, -0.15) is 26.3 Å². The normalized spacial score (nSPS) is 12.8. The summed E-state index contributed by atoms with van der Waals surface area (Å²) in [6.07, 6.45) is -13.9. The fourth-order valence-electron chi connectivity index (χ4n) is 1.33. The van der Waals surface area contributed by atoms with Crippen LogP contribution in [-0.4, -0.2) is 30.0 Å². The van der Waals surface area contributed by atoms with Crippen LogP contribution in [0.25, 0.3) is 0 Å². The van der Waals surface area contributed by atoms with E-state index in [2.05, 4.69) is 15.0 Å². The molecular formula is C11H12F6N2O. The second-order valence-electron chi connectivity index (χ2n) is 3.86. The fourth-order valence-corrected chi connectivity index (χ4v) is 1.33. The minimum atomic E-state index is -5.56. The Labute approximate surface area is 110 Å². The van der Waals surface area contributed by atoms with Crippen molar-refractivity contribution < 1.29 is 31.1 Å². The zero-order valence-corrected chi connectivity index (χ0v) is 10.3. The van der Waals surface area contributed by atoms with Gasteiger partial charge in [0.25, 0.3) is 6.10 Å². The molecule has 9 heteroatoms. The Balaban J connectivity index is 2.89. The largest absolute Gasteiger partial charge is 0.455 e. The number of hydrogen-bond donors (Lipinski definition) is 1. The quantitative estimate of drug-likeness (QED) is 0.849. The van der Waals surface area contributed by atoms with Gasteiger partial charge in [0, 0.05) is 18.8 Å². The van der Waals surface area contributed by atoms with Gasteiger partial charge in [-0.1, -0.05) is 6.92 Å². The summed E-state index contributed by atoms with van der Waals surface area (Å²) >= 11 is 0. The second kappa shape index (κ2) is 6.29. The van der Waals surface area contributed by atoms with Crippen molar-refractivity contribution in [2.24, 2.45) is 0 Å². The van der Waals surface area contributed by atoms with Crippen LogP contribution in [0.5, 0.6) is 5.88 Å². The minimum absolute atomic E-state index is 0.290. The number of alkyl halides is 6. The van der Waals surface area contributed by atoms with Crippen molar-refractivity contribution in [1.29, 1.82) is 0 Å². The number of halogens is 6. The van der Waals surface area contributed by atoms with Gasteiger partial charge in [0.1, 0.15) is 0 Å². The third-order valence-electron chi connectivity index (χ3n) is 2.21. The molecule has 0 aliphatic heterocycles. The van der Waals surface area contributed by atoms with E-state index >= 15 is 0 Å². The van der Waals surface area contributed by atoms with Gasteiger partial charge in [-0.3, -0.25) is 0 Å². The summed E-state index contributed by atoms with van der Waals surface area (Å²) in [5.74, 6) is -0.722. The van der Waals surface area contributed by atoms with Crippen LogP contribution in [0.1, 0.15) is 12.5 Å². The van der Waals surface area contributed by atoms with Crippen molar-refractivity contribution in [2.45, 2.75) is 31.9 Å². The summed E-state index contributed by atoms with van der Waals surface area (Å²) in [6.45, 7) is 2.70. The Hall–Kier alpha value is -1.51. The first-order chi connectivity index (χ1) is 9.14. The van der Waals surface area contributed by atoms with Crippen molar-refractivity contribution in [3.05, 3.63) is 23.9 Å². The lowest BCUT2D eigenvalue weighted by atomic mass is 10.2. The first kappa shape index (κ1) is 16.5. The van der Waals surface area contributed by atoms with Crippen LogP contribution in [0.4, 0.5) is 26.3 Å². The first-order valence-electron chi connectivity index (χ1n) is 5.60. The van der Waals surface area contributed by atoms with Crippen LogP contribution in [0, 0.1) is 0 Å². The smallest absolute Gasteiger partial charge is 0.434 e. The zero-order chi connectivity index (χ0) is 15.4. The van der Waals surface area contributed by atoms with Gasteiger partial charge in [-0.25, -0.2) is 4.98 Å². The van der Waals surface area contributed by atoms with Gasteiger partial charge in [-0.15, -0.1) is 0 Å². The lowest BCUT2D eigenvalue weighted by Gasteiger charge is -2.23. The average molecular weight is 302 g/mol. The molecule has 0 bridgehead atoms. The average Bonchev–Trinajstić information content (AvgIpc) is 2.31. The number of nitrogens with zero attached hydrogens (tertiary/aromatic N) is 1. The molecule has 1 rings (SSSR count). The highest BCUT2D eigenvalue weighted by molar-refractivity contribution is 5.20. The number of ether oxygens (including phenoxy) is 1. The van der Waals surface area contributed by atoms with Gasteiger partial charge in [0.05, 0.1) is 0 Å². The van der Waals surface area contributed by atoms with E-state index in [1.165, 1.54) is 6.07 Å². The molecule has 0 aliphatic carbocycles. The van der Waals surface area contributed by atoms with Crippen LogP contribution >= 0.6 is 0 Å². The molecule has 1 N–H and O–H groups in total. The maximum Gasteiger partial charge on any atom is 0.434 e. The van der Waals surface area contributed by atoms with E-state index in [0.717, 1.165) is 12.3 Å². The molecule has 0 aliphatic rings. The van der Waals surface area contributed by atoms with Crippen LogP contribution in [0.15, 0.2) is 18.3 Å². The highest BCUT2D eigenvalue weighted by Crippen LogP contribution is 2.36. The third kappa shape index (κ3) is 4.87. The van der Waals surface area contributed by atoms with E-state index in [1.807, 2.05) is 6.92 Å². The molecular weight excluding hydrogens is 290 g/mol. The molecule has 0 spiro atoms. The first-order valence-corrected chi connectivity index (χ1v) is 5.60. The van der Waals surface area contributed by atoms with E-state index in [9.17, 15) is 26.3 Å². The molecule has 20 heavy (non-hydrogen) atoms. The van der Waals surface area contributed by atoms with Gasteiger partial charge in [0.2, 0.25) is 5.88 Å². The zero-order valence-electron chi connectivity index (χ0n) is 10.3. The Morgan fingerprint density at radius 2 is 1.80 bits per heavy atom. The Kier molecular flexibility index (Phi) is 5.21. The summed E-state index contributed by atoms with van der Waals surface area (Å²) in [6, 6.07) is 2.50. The van der Waals surface area contributed by atoms with E-state index in [0.29, 0.717) is 12.1 Å². The SMILES string of the molecule is CCNCc1ccnc(OC(C(F)(F)F)C(F)(F)F)c1. The Bertz CT molecular complexity index is 418. The maximum absolute atomic E-state index is 12.3. The highest BCUT2D eigenvalue weighted by atomic mass is 19.4. The lowest BCUT2D eigenvalue weighted by molar-refractivity contribution is -0.300. The summed E-state index contributed by atoms with van der Waals surface area (Å²) in [5.41, 5.74) is 0.472. The molecule has 114 valence electrons. The summed E-state index contributed by atoms with van der Waals surface area (Å²) in [5, 5.41) is 2.88. The summed E-state index contributed by atoms with van der Waals surface area (Å²) < 4.78 is 77.9. The topological polar surface area (TPSA) is 34.2 Å². The standard InChI is InChI=1S/C11H12F6N2O/c1-2-18-6-7-3-4-19-8(5-7)20-9(10(12,13)14)11(15,16)17/h3-5,9,18H,2,6H2,1H3. The molecule has 0 amide bonds. The number of rotatable bonds is 5. The van der Waals surface area contributed by atoms with Crippen molar-refractivity contribution in [1.82, 2.24) is 10.3 Å². The van der Waals surface area contributed by atoms with Crippen LogP contribution in [-0.2, 0) is 6.54 Å². The Morgan fingerprint density at radius 1 is 1.20 bits per heavy atom. The molecule has 0 fully saturated rings. The monoisotopic (exact) mass is 302 g/mol. The molecule has 0 radical (unpaired) electrons. The molecule has 0 atom stereocenters. The third-order valence-corrected chi connectivity index (χ3v) is 2.21. The number of aromatic nitrogens is 1. The molecule has 1 aromatic heterocycles. The summed E-state index contributed by atoms with van der Waals surface area (Å²) in [4.78, 5) is 3.36. The van der Waals surface area contributed by atoms with Gasteiger partial charge in [-0.05, 0) is 18.2 Å². The predicted molar refractivity (Wildman–Crippen MR) is 58.1 cm³/mol. The summed E-state index contributed by atoms with van der Waals surface area (Å²) in [7, 11) is 0. The van der Waals surface area contributed by atoms with Crippen molar-refractivity contribution in [3.63, 3.8) is 0 Å². The molecule has 0 saturated carbocycles. The molecule has 1 heterocycles. The lowest BCUT2D eigenvalue weighted by Crippen LogP contribution is -2.46. The fraction of sp³-hybridized carbons (Fsp3) is 0.545. The van der Waals surface area contributed by atoms with E-state index in [4.69, 9.17) is 0 Å². The van der Waals surface area contributed by atoms with Crippen LogP contribution < -0.4 is 10.1 Å². The number of pyridine rings is 1. The predicted octanol–water partition coefficient (Wildman–Crippen LogP) is 3.06. The number of hydrogen-bond acceptors (Lipinski definition) is 3. The van der Waals surface area contributed by atoms with E-state index < -0.39 is 24.3 Å². The highest BCUT2D eigenvalue weighted by Gasteiger charge is 2.59. The second-order valence-corrected chi connectivity index (χ2v) is 3.86. The number of nitrogens with one attached hydrogen (secondary N) is 1. The minimum Gasteiger partial charge on any atom is -0.455 e. The van der Waals surface area contributed by atoms with Crippen molar-refractivity contribution in [3.8, 4) is 5.88 Å². The molecule has 0 saturated heterocycles. The molecule has 3 nitrogen and oxygen atoms in total. The maximum atomic E-state index is 12.3. The van der Waals surface area contributed by atoms with Gasteiger partial charge in [0.15, 0.2) is 0 Å². The molecule has 0 aromatic carbocycles. The van der Waals surface area contributed by atoms with Gasteiger partial charge < -0.3 is 10.1 Å². The van der Waals surface area contributed by atoms with Crippen molar-refractivity contribution in [2.75, 3.05) is 6.54 Å². The molecule has 1 aromatic rings. The van der Waals surface area contributed by atoms with E-state index in [-0.39, 0.29) is 6.54 Å². The van der Waals surface area contributed by atoms with Crippen LogP contribution in [0.3, 0.4) is 0 Å². The molecule has 0 unspecified atom stereocenters. The van der Waals surface area contributed by atoms with E-state index in [1.54, 1.807) is 0 Å². The van der Waals surface area contributed by atoms with Crippen LogP contribution in [0.2, 0.25) is 0 Å².